The van der Waals surface area contributed by atoms with Crippen LogP contribution in [-0.4, -0.2) is 54.0 Å². The number of nitrogens with one attached hydrogen (secondary N) is 1. The van der Waals surface area contributed by atoms with Crippen molar-refractivity contribution in [1.82, 2.24) is 15.1 Å². The maximum atomic E-state index is 13.9. The molecule has 2 saturated heterocycles. The van der Waals surface area contributed by atoms with Crippen molar-refractivity contribution in [2.24, 2.45) is 0 Å². The Kier molecular flexibility index (Phi) is 5.51. The monoisotopic (exact) mass is 455 g/mol. The number of rotatable bonds is 5. The van der Waals surface area contributed by atoms with Crippen LogP contribution in [0.15, 0.2) is 42.5 Å². The molecule has 9 heteroatoms. The van der Waals surface area contributed by atoms with Gasteiger partial charge in [-0.15, -0.1) is 0 Å². The molecule has 2 aromatic rings. The lowest BCUT2D eigenvalue weighted by molar-refractivity contribution is -0.138. The van der Waals surface area contributed by atoms with Gasteiger partial charge in [0.25, 0.3) is 5.91 Å². The summed E-state index contributed by atoms with van der Waals surface area (Å²) in [6.45, 7) is 3.31. The van der Waals surface area contributed by atoms with E-state index in [1.54, 1.807) is 41.3 Å². The largest absolute Gasteiger partial charge is 0.416 e. The molecule has 0 saturated carbocycles. The molecule has 3 aliphatic heterocycles. The number of benzene rings is 2. The molecular weight excluding hydrogens is 431 g/mol. The molecule has 3 heterocycles. The number of carbonyl (C=O) groups is 1. The van der Waals surface area contributed by atoms with E-state index in [4.69, 9.17) is 5.26 Å². The molecule has 2 fully saturated rings. The number of halogens is 3. The van der Waals surface area contributed by atoms with Gasteiger partial charge in [-0.3, -0.25) is 9.69 Å². The lowest BCUT2D eigenvalue weighted by Gasteiger charge is -2.43. The Morgan fingerprint density at radius 3 is 2.55 bits per heavy atom. The number of hydrogen-bond donors (Lipinski definition) is 1. The van der Waals surface area contributed by atoms with Gasteiger partial charge in [-0.25, -0.2) is 0 Å². The molecule has 5 rings (SSSR count). The summed E-state index contributed by atoms with van der Waals surface area (Å²) >= 11 is 0. The van der Waals surface area contributed by atoms with Gasteiger partial charge < -0.3 is 15.1 Å². The summed E-state index contributed by atoms with van der Waals surface area (Å²) in [7, 11) is 0. The SMILES string of the molecule is N#CN1CCC(N2CC(NCc3cc4c(c(C(F)(F)F)c3)CN(c3ccccc3)C4=O)C2)C1. The van der Waals surface area contributed by atoms with Gasteiger partial charge in [0.1, 0.15) is 0 Å². The van der Waals surface area contributed by atoms with Gasteiger partial charge in [-0.1, -0.05) is 18.2 Å². The second-order valence-corrected chi connectivity index (χ2v) is 8.91. The van der Waals surface area contributed by atoms with Gasteiger partial charge in [0.2, 0.25) is 0 Å². The van der Waals surface area contributed by atoms with Gasteiger partial charge in [0.15, 0.2) is 6.19 Å². The molecule has 33 heavy (non-hydrogen) atoms. The first-order valence-electron chi connectivity index (χ1n) is 11.1. The van der Waals surface area contributed by atoms with Crippen molar-refractivity contribution < 1.29 is 18.0 Å². The van der Waals surface area contributed by atoms with Crippen LogP contribution in [0.1, 0.15) is 33.5 Å². The predicted octanol–water partition coefficient (Wildman–Crippen LogP) is 3.19. The van der Waals surface area contributed by atoms with E-state index in [0.717, 1.165) is 32.6 Å². The fourth-order valence-electron chi connectivity index (χ4n) is 4.97. The van der Waals surface area contributed by atoms with Crippen LogP contribution >= 0.6 is 0 Å². The van der Waals surface area contributed by atoms with E-state index in [1.165, 1.54) is 11.0 Å². The third-order valence-corrected chi connectivity index (χ3v) is 6.80. The lowest BCUT2D eigenvalue weighted by atomic mass is 9.98. The standard InChI is InChI=1S/C24H24F3N5O/c25-24(26,27)22-9-16(10-29-17-11-31(12-17)19-6-7-30(13-19)15-28)8-20-21(22)14-32(23(20)33)18-4-2-1-3-5-18/h1-5,8-9,17,19,29H,6-7,10-14H2. The average Bonchev–Trinajstić information content (AvgIpc) is 3.37. The number of hydrogen-bond acceptors (Lipinski definition) is 5. The number of alkyl halides is 3. The van der Waals surface area contributed by atoms with Gasteiger partial charge in [0.05, 0.1) is 12.1 Å². The predicted molar refractivity (Wildman–Crippen MR) is 116 cm³/mol. The van der Waals surface area contributed by atoms with Crippen LogP contribution in [0.2, 0.25) is 0 Å². The molecule has 6 nitrogen and oxygen atoms in total. The van der Waals surface area contributed by atoms with E-state index in [1.807, 2.05) is 0 Å². The highest BCUT2D eigenvalue weighted by Gasteiger charge is 2.41. The van der Waals surface area contributed by atoms with E-state index < -0.39 is 17.6 Å². The smallest absolute Gasteiger partial charge is 0.309 e. The zero-order valence-electron chi connectivity index (χ0n) is 18.0. The Hall–Kier alpha value is -3.09. The number of anilines is 1. The van der Waals surface area contributed by atoms with Crippen LogP contribution in [0.25, 0.3) is 0 Å². The third-order valence-electron chi connectivity index (χ3n) is 6.80. The maximum absolute atomic E-state index is 13.9. The summed E-state index contributed by atoms with van der Waals surface area (Å²) in [6, 6.07) is 12.1. The van der Waals surface area contributed by atoms with Gasteiger partial charge in [-0.2, -0.15) is 18.4 Å². The molecule has 1 unspecified atom stereocenters. The summed E-state index contributed by atoms with van der Waals surface area (Å²) in [5.74, 6) is -0.401. The van der Waals surface area contributed by atoms with E-state index in [9.17, 15) is 18.0 Å². The van der Waals surface area contributed by atoms with Crippen molar-refractivity contribution in [1.29, 1.82) is 5.26 Å². The van der Waals surface area contributed by atoms with E-state index in [2.05, 4.69) is 16.4 Å². The zero-order chi connectivity index (χ0) is 23.2. The molecule has 0 aliphatic carbocycles. The number of fused-ring (bicyclic) bond motifs is 1. The molecule has 3 aliphatic rings. The minimum Gasteiger partial charge on any atom is -0.309 e. The normalized spacial score (nSPS) is 21.3. The van der Waals surface area contributed by atoms with Crippen LogP contribution in [0.3, 0.4) is 0 Å². The molecule has 1 N–H and O–H groups in total. The fraction of sp³-hybridized carbons (Fsp3) is 0.417. The van der Waals surface area contributed by atoms with Gasteiger partial charge >= 0.3 is 6.18 Å². The Morgan fingerprint density at radius 2 is 1.88 bits per heavy atom. The second-order valence-electron chi connectivity index (χ2n) is 8.91. The van der Waals surface area contributed by atoms with Crippen LogP contribution < -0.4 is 10.2 Å². The highest BCUT2D eigenvalue weighted by molar-refractivity contribution is 6.10. The highest BCUT2D eigenvalue weighted by Crippen LogP contribution is 2.39. The van der Waals surface area contributed by atoms with Crippen molar-refractivity contribution in [2.75, 3.05) is 31.1 Å². The summed E-state index contributed by atoms with van der Waals surface area (Å²) in [6.07, 6.45) is -1.40. The van der Waals surface area contributed by atoms with Crippen LogP contribution in [0, 0.1) is 11.5 Å². The zero-order valence-corrected chi connectivity index (χ0v) is 18.0. The summed E-state index contributed by atoms with van der Waals surface area (Å²) in [5.41, 5.74) is 0.477. The van der Waals surface area contributed by atoms with Gasteiger partial charge in [0, 0.05) is 56.1 Å². The Labute approximate surface area is 190 Å². The van der Waals surface area contributed by atoms with Crippen molar-refractivity contribution in [2.45, 2.75) is 37.8 Å². The van der Waals surface area contributed by atoms with E-state index in [-0.39, 0.29) is 30.3 Å². The number of nitriles is 1. The summed E-state index contributed by atoms with van der Waals surface area (Å²) in [4.78, 5) is 18.4. The molecule has 172 valence electrons. The minimum atomic E-state index is -4.53. The average molecular weight is 455 g/mol. The second kappa shape index (κ2) is 8.36. The van der Waals surface area contributed by atoms with Crippen molar-refractivity contribution in [3.8, 4) is 6.19 Å². The van der Waals surface area contributed by atoms with Gasteiger partial charge in [-0.05, 0) is 41.8 Å². The highest BCUT2D eigenvalue weighted by atomic mass is 19.4. The Morgan fingerprint density at radius 1 is 1.12 bits per heavy atom. The summed E-state index contributed by atoms with van der Waals surface area (Å²) < 4.78 is 41.6. The van der Waals surface area contributed by atoms with Crippen LogP contribution in [0.5, 0.6) is 0 Å². The topological polar surface area (TPSA) is 62.6 Å². The molecule has 0 radical (unpaired) electrons. The molecule has 1 atom stereocenters. The quantitative estimate of drug-likeness (QED) is 0.702. The van der Waals surface area contributed by atoms with E-state index >= 15 is 0 Å². The van der Waals surface area contributed by atoms with E-state index in [0.29, 0.717) is 17.3 Å². The summed E-state index contributed by atoms with van der Waals surface area (Å²) in [5, 5.41) is 12.3. The molecular formula is C24H24F3N5O. The number of para-hydroxylation sites is 1. The molecule has 0 aromatic heterocycles. The first-order chi connectivity index (χ1) is 15.8. The molecule has 0 bridgehead atoms. The third kappa shape index (κ3) is 4.16. The number of amides is 1. The Balaban J connectivity index is 1.28. The minimum absolute atomic E-state index is 0.0400. The lowest BCUT2D eigenvalue weighted by Crippen LogP contribution is -2.61. The fourth-order valence-corrected chi connectivity index (χ4v) is 4.97. The molecule has 0 spiro atoms. The van der Waals surface area contributed by atoms with Crippen molar-refractivity contribution in [3.63, 3.8) is 0 Å². The number of nitrogens with zero attached hydrogens (tertiary/aromatic N) is 4. The van der Waals surface area contributed by atoms with Crippen molar-refractivity contribution in [3.05, 3.63) is 64.7 Å². The molecule has 2 aromatic carbocycles. The molecule has 1 amide bonds. The maximum Gasteiger partial charge on any atom is 0.416 e. The number of likely N-dealkylation sites (tertiary alicyclic amines) is 2. The van der Waals surface area contributed by atoms with Crippen LogP contribution in [-0.2, 0) is 19.3 Å². The number of carbonyl (C=O) groups excluding carboxylic acids is 1. The first kappa shape index (κ1) is 21.7. The Bertz CT molecular complexity index is 1090. The first-order valence-corrected chi connectivity index (χ1v) is 11.1. The van der Waals surface area contributed by atoms with Crippen molar-refractivity contribution >= 4 is 11.6 Å². The van der Waals surface area contributed by atoms with Crippen LogP contribution in [0.4, 0.5) is 18.9 Å².